The molecule has 6 nitrogen and oxygen atoms in total. The van der Waals surface area contributed by atoms with Crippen LogP contribution in [0, 0.1) is 5.41 Å². The molecule has 0 aliphatic carbocycles. The first kappa shape index (κ1) is 20.3. The zero-order valence-electron chi connectivity index (χ0n) is 17.5. The van der Waals surface area contributed by atoms with E-state index in [4.69, 9.17) is 5.10 Å². The van der Waals surface area contributed by atoms with Gasteiger partial charge >= 0.3 is 0 Å². The topological polar surface area (TPSA) is 58.4 Å². The molecule has 0 radical (unpaired) electrons. The van der Waals surface area contributed by atoms with Crippen LogP contribution < -0.4 is 0 Å². The van der Waals surface area contributed by atoms with Crippen LogP contribution in [0.1, 0.15) is 31.1 Å². The minimum absolute atomic E-state index is 0.0385. The molecule has 0 spiro atoms. The summed E-state index contributed by atoms with van der Waals surface area (Å²) in [6.07, 6.45) is 1.82. The monoisotopic (exact) mass is 422 g/mol. The average Bonchev–Trinajstić information content (AvgIpc) is 3.42. The number of hydrogen-bond acceptors (Lipinski definition) is 4. The van der Waals surface area contributed by atoms with Crippen LogP contribution >= 0.6 is 11.3 Å². The zero-order valence-corrected chi connectivity index (χ0v) is 18.4. The maximum atomic E-state index is 13.4. The summed E-state index contributed by atoms with van der Waals surface area (Å²) >= 11 is 1.57. The van der Waals surface area contributed by atoms with E-state index in [0.29, 0.717) is 37.4 Å². The lowest BCUT2D eigenvalue weighted by molar-refractivity contribution is -0.140. The Hall–Kier alpha value is -2.93. The summed E-state index contributed by atoms with van der Waals surface area (Å²) in [6.45, 7) is 7.96. The van der Waals surface area contributed by atoms with E-state index < -0.39 is 5.41 Å². The number of piperazine rings is 1. The third kappa shape index (κ3) is 4.03. The van der Waals surface area contributed by atoms with Gasteiger partial charge in [0.15, 0.2) is 0 Å². The van der Waals surface area contributed by atoms with Gasteiger partial charge in [0.25, 0.3) is 5.91 Å². The summed E-state index contributed by atoms with van der Waals surface area (Å²) in [5, 5.41) is 6.72. The Bertz CT molecular complexity index is 1030. The molecule has 1 saturated heterocycles. The first-order valence-corrected chi connectivity index (χ1v) is 11.0. The fraction of sp³-hybridized carbons (Fsp3) is 0.348. The molecule has 0 saturated carbocycles. The molecule has 7 heteroatoms. The summed E-state index contributed by atoms with van der Waals surface area (Å²) in [7, 11) is 0. The van der Waals surface area contributed by atoms with E-state index in [0.717, 1.165) is 10.6 Å². The van der Waals surface area contributed by atoms with Crippen molar-refractivity contribution in [3.63, 3.8) is 0 Å². The number of carbonyl (C=O) groups excluding carboxylic acids is 2. The van der Waals surface area contributed by atoms with Gasteiger partial charge in [0.2, 0.25) is 5.91 Å². The van der Waals surface area contributed by atoms with Crippen molar-refractivity contribution in [2.45, 2.75) is 20.8 Å². The molecule has 1 aromatic carbocycles. The third-order valence-corrected chi connectivity index (χ3v) is 6.09. The standard InChI is InChI=1S/C23H26N4O2S/c1-23(2,3)22(29)26-13-11-25(12-14-26)21(28)18-16-27(17-8-5-4-6-9-17)24-20(18)19-10-7-15-30-19/h4-10,15-16H,11-14H2,1-3H3. The lowest BCUT2D eigenvalue weighted by Gasteiger charge is -2.37. The van der Waals surface area contributed by atoms with Crippen LogP contribution in [0.15, 0.2) is 54.0 Å². The summed E-state index contributed by atoms with van der Waals surface area (Å²) < 4.78 is 1.77. The largest absolute Gasteiger partial charge is 0.339 e. The zero-order chi connectivity index (χ0) is 21.3. The lowest BCUT2D eigenvalue weighted by Crippen LogP contribution is -2.53. The SMILES string of the molecule is CC(C)(C)C(=O)N1CCN(C(=O)c2cn(-c3ccccc3)nc2-c2cccs2)CC1. The van der Waals surface area contributed by atoms with E-state index in [1.807, 2.05) is 84.6 Å². The van der Waals surface area contributed by atoms with Crippen LogP contribution in [0.5, 0.6) is 0 Å². The predicted molar refractivity (Wildman–Crippen MR) is 119 cm³/mol. The van der Waals surface area contributed by atoms with Crippen molar-refractivity contribution < 1.29 is 9.59 Å². The van der Waals surface area contributed by atoms with Crippen LogP contribution in [0.4, 0.5) is 0 Å². The highest BCUT2D eigenvalue weighted by Gasteiger charge is 2.32. The Morgan fingerprint density at radius 2 is 1.60 bits per heavy atom. The molecule has 0 bridgehead atoms. The molecule has 4 rings (SSSR count). The van der Waals surface area contributed by atoms with Gasteiger partial charge in [-0.1, -0.05) is 45.0 Å². The second-order valence-corrected chi connectivity index (χ2v) is 9.43. The highest BCUT2D eigenvalue weighted by molar-refractivity contribution is 7.13. The van der Waals surface area contributed by atoms with Crippen LogP contribution in [0.3, 0.4) is 0 Å². The number of thiophene rings is 1. The Morgan fingerprint density at radius 3 is 2.20 bits per heavy atom. The minimum atomic E-state index is -0.407. The van der Waals surface area contributed by atoms with Crippen molar-refractivity contribution in [2.75, 3.05) is 26.2 Å². The highest BCUT2D eigenvalue weighted by atomic mass is 32.1. The maximum Gasteiger partial charge on any atom is 0.257 e. The van der Waals surface area contributed by atoms with E-state index >= 15 is 0 Å². The normalized spacial score (nSPS) is 14.8. The van der Waals surface area contributed by atoms with Crippen molar-refractivity contribution in [2.24, 2.45) is 5.41 Å². The molecule has 2 aromatic heterocycles. The number of hydrogen-bond donors (Lipinski definition) is 0. The van der Waals surface area contributed by atoms with Gasteiger partial charge in [-0.3, -0.25) is 9.59 Å². The van der Waals surface area contributed by atoms with Gasteiger partial charge in [-0.05, 0) is 23.6 Å². The van der Waals surface area contributed by atoms with E-state index in [2.05, 4.69) is 0 Å². The van der Waals surface area contributed by atoms with E-state index in [1.54, 1.807) is 16.0 Å². The van der Waals surface area contributed by atoms with Gasteiger partial charge in [-0.25, -0.2) is 4.68 Å². The van der Waals surface area contributed by atoms with Crippen LogP contribution in [0.2, 0.25) is 0 Å². The lowest BCUT2D eigenvalue weighted by atomic mass is 9.94. The molecule has 0 unspecified atom stereocenters. The van der Waals surface area contributed by atoms with Crippen molar-refractivity contribution >= 4 is 23.2 Å². The number of para-hydroxylation sites is 1. The quantitative estimate of drug-likeness (QED) is 0.643. The van der Waals surface area contributed by atoms with Gasteiger partial charge in [-0.2, -0.15) is 5.10 Å². The molecule has 156 valence electrons. The highest BCUT2D eigenvalue weighted by Crippen LogP contribution is 2.29. The third-order valence-electron chi connectivity index (χ3n) is 5.22. The second kappa shape index (κ2) is 8.07. The summed E-state index contributed by atoms with van der Waals surface area (Å²) in [4.78, 5) is 30.6. The Labute approximate surface area is 180 Å². The first-order chi connectivity index (χ1) is 14.3. The van der Waals surface area contributed by atoms with Gasteiger partial charge in [0.05, 0.1) is 16.1 Å². The van der Waals surface area contributed by atoms with Crippen molar-refractivity contribution in [3.05, 3.63) is 59.6 Å². The molecule has 3 heterocycles. The predicted octanol–water partition coefficient (Wildman–Crippen LogP) is 3.93. The molecule has 2 amide bonds. The number of nitrogens with zero attached hydrogens (tertiary/aromatic N) is 4. The molecule has 1 aliphatic heterocycles. The molecule has 30 heavy (non-hydrogen) atoms. The summed E-state index contributed by atoms with van der Waals surface area (Å²) in [5.74, 6) is 0.0919. The first-order valence-electron chi connectivity index (χ1n) is 10.1. The van der Waals surface area contributed by atoms with Crippen LogP contribution in [0.25, 0.3) is 16.3 Å². The molecular formula is C23H26N4O2S. The van der Waals surface area contributed by atoms with Gasteiger partial charge < -0.3 is 9.80 Å². The van der Waals surface area contributed by atoms with Gasteiger partial charge in [0.1, 0.15) is 5.69 Å². The molecule has 0 N–H and O–H groups in total. The van der Waals surface area contributed by atoms with Crippen molar-refractivity contribution in [1.29, 1.82) is 0 Å². The fourth-order valence-electron chi connectivity index (χ4n) is 3.60. The van der Waals surface area contributed by atoms with Gasteiger partial charge in [-0.15, -0.1) is 11.3 Å². The number of amides is 2. The van der Waals surface area contributed by atoms with E-state index in [-0.39, 0.29) is 11.8 Å². The molecule has 1 fully saturated rings. The van der Waals surface area contributed by atoms with E-state index in [1.165, 1.54) is 0 Å². The molecular weight excluding hydrogens is 396 g/mol. The number of carbonyl (C=O) groups is 2. The number of aromatic nitrogens is 2. The molecule has 0 atom stereocenters. The Balaban J connectivity index is 1.58. The molecule has 3 aromatic rings. The van der Waals surface area contributed by atoms with Crippen molar-refractivity contribution in [3.8, 4) is 16.3 Å². The van der Waals surface area contributed by atoms with Crippen LogP contribution in [-0.2, 0) is 4.79 Å². The second-order valence-electron chi connectivity index (χ2n) is 8.48. The van der Waals surface area contributed by atoms with E-state index in [9.17, 15) is 9.59 Å². The fourth-order valence-corrected chi connectivity index (χ4v) is 4.32. The number of rotatable bonds is 3. The minimum Gasteiger partial charge on any atom is -0.339 e. The summed E-state index contributed by atoms with van der Waals surface area (Å²) in [6, 6.07) is 13.7. The van der Waals surface area contributed by atoms with Gasteiger partial charge in [0, 0.05) is 37.8 Å². The number of benzene rings is 1. The average molecular weight is 423 g/mol. The van der Waals surface area contributed by atoms with Crippen molar-refractivity contribution in [1.82, 2.24) is 19.6 Å². The Morgan fingerprint density at radius 1 is 0.933 bits per heavy atom. The summed E-state index contributed by atoms with van der Waals surface area (Å²) in [5.41, 5.74) is 1.80. The smallest absolute Gasteiger partial charge is 0.257 e. The maximum absolute atomic E-state index is 13.4. The molecule has 1 aliphatic rings. The van der Waals surface area contributed by atoms with Crippen LogP contribution in [-0.4, -0.2) is 57.6 Å². The Kier molecular flexibility index (Phi) is 5.47.